The zero-order valence-corrected chi connectivity index (χ0v) is 20.9. The van der Waals surface area contributed by atoms with E-state index in [1.807, 2.05) is 26.8 Å². The van der Waals surface area contributed by atoms with Crippen LogP contribution in [0.15, 0.2) is 27.7 Å². The minimum atomic E-state index is 0. The molecule has 0 aliphatic carbocycles. The second-order valence-electron chi connectivity index (χ2n) is 7.11. The summed E-state index contributed by atoms with van der Waals surface area (Å²) >= 11 is 0. The lowest BCUT2D eigenvalue weighted by atomic mass is 10.1. The number of hydrogen-bond acceptors (Lipinski definition) is 6. The maximum atomic E-state index is 5.84. The third kappa shape index (κ3) is 8.86. The van der Waals surface area contributed by atoms with E-state index in [9.17, 15) is 0 Å². The first-order valence-electron chi connectivity index (χ1n) is 10.0. The van der Waals surface area contributed by atoms with Crippen LogP contribution in [0.3, 0.4) is 0 Å². The maximum absolute atomic E-state index is 5.84. The third-order valence-corrected chi connectivity index (χ3v) is 4.30. The zero-order valence-electron chi connectivity index (χ0n) is 18.5. The van der Waals surface area contributed by atoms with Gasteiger partial charge < -0.3 is 24.6 Å². The number of aromatic nitrogens is 2. The van der Waals surface area contributed by atoms with Crippen LogP contribution < -0.4 is 15.4 Å². The number of rotatable bonds is 11. The Morgan fingerprint density at radius 2 is 2.03 bits per heavy atom. The maximum Gasteiger partial charge on any atom is 0.226 e. The van der Waals surface area contributed by atoms with Gasteiger partial charge in [0.15, 0.2) is 11.8 Å². The molecule has 0 amide bonds. The molecule has 9 heteroatoms. The van der Waals surface area contributed by atoms with Crippen molar-refractivity contribution in [3.05, 3.63) is 41.0 Å². The monoisotopic (exact) mass is 531 g/mol. The molecule has 0 saturated heterocycles. The quantitative estimate of drug-likeness (QED) is 0.199. The largest absolute Gasteiger partial charge is 0.491 e. The molecule has 2 N–H and O–H groups in total. The molecule has 168 valence electrons. The van der Waals surface area contributed by atoms with Crippen molar-refractivity contribution in [2.75, 3.05) is 33.9 Å². The van der Waals surface area contributed by atoms with Gasteiger partial charge in [0.1, 0.15) is 12.4 Å². The summed E-state index contributed by atoms with van der Waals surface area (Å²) in [6.07, 6.45) is 1.61. The van der Waals surface area contributed by atoms with E-state index in [2.05, 4.69) is 37.9 Å². The van der Waals surface area contributed by atoms with Crippen LogP contribution in [0.25, 0.3) is 0 Å². The number of hydrogen-bond donors (Lipinski definition) is 2. The summed E-state index contributed by atoms with van der Waals surface area (Å²) in [5.74, 6) is 3.31. The number of halogens is 1. The number of aryl methyl sites for hydroxylation is 2. The second kappa shape index (κ2) is 14.2. The second-order valence-corrected chi connectivity index (χ2v) is 7.11. The van der Waals surface area contributed by atoms with Crippen LogP contribution in [0.1, 0.15) is 49.0 Å². The number of benzene rings is 1. The van der Waals surface area contributed by atoms with Gasteiger partial charge in [-0.3, -0.25) is 4.99 Å². The molecular weight excluding hydrogens is 497 g/mol. The molecule has 1 aromatic carbocycles. The van der Waals surface area contributed by atoms with Gasteiger partial charge in [0, 0.05) is 45.1 Å². The Morgan fingerprint density at radius 3 is 2.70 bits per heavy atom. The molecule has 0 unspecified atom stereocenters. The van der Waals surface area contributed by atoms with Crippen LogP contribution >= 0.6 is 24.0 Å². The lowest BCUT2D eigenvalue weighted by Crippen LogP contribution is -2.37. The summed E-state index contributed by atoms with van der Waals surface area (Å²) in [6.45, 7) is 8.60. The number of guanidine groups is 1. The fraction of sp³-hybridized carbons (Fsp3) is 0.571. The third-order valence-electron chi connectivity index (χ3n) is 4.30. The predicted molar refractivity (Wildman–Crippen MR) is 129 cm³/mol. The molecule has 0 spiro atoms. The molecular formula is C21H34IN5O3. The minimum Gasteiger partial charge on any atom is -0.491 e. The Labute approximate surface area is 196 Å². The van der Waals surface area contributed by atoms with Gasteiger partial charge >= 0.3 is 0 Å². The smallest absolute Gasteiger partial charge is 0.226 e. The lowest BCUT2D eigenvalue weighted by Gasteiger charge is -2.15. The van der Waals surface area contributed by atoms with E-state index < -0.39 is 0 Å². The summed E-state index contributed by atoms with van der Waals surface area (Å²) < 4.78 is 16.2. The van der Waals surface area contributed by atoms with Gasteiger partial charge in [0.05, 0.1) is 6.61 Å². The van der Waals surface area contributed by atoms with Gasteiger partial charge in [0.2, 0.25) is 5.89 Å². The van der Waals surface area contributed by atoms with E-state index in [4.69, 9.17) is 14.0 Å². The summed E-state index contributed by atoms with van der Waals surface area (Å²) in [6, 6.07) is 6.19. The molecule has 8 nitrogen and oxygen atoms in total. The van der Waals surface area contributed by atoms with Gasteiger partial charge in [-0.1, -0.05) is 31.1 Å². The molecule has 0 fully saturated rings. The van der Waals surface area contributed by atoms with Crippen LogP contribution in [0.5, 0.6) is 5.75 Å². The van der Waals surface area contributed by atoms with E-state index in [0.717, 1.165) is 48.0 Å². The SMILES string of the molecule is CN=C(NCCCc1nc(C(C)C)no1)NCc1ccc(C)cc1OCCOC.I. The topological polar surface area (TPSA) is 93.8 Å². The van der Waals surface area contributed by atoms with E-state index in [-0.39, 0.29) is 29.9 Å². The molecule has 1 aromatic heterocycles. The van der Waals surface area contributed by atoms with E-state index in [1.54, 1.807) is 14.2 Å². The number of nitrogens with zero attached hydrogens (tertiary/aromatic N) is 3. The van der Waals surface area contributed by atoms with Crippen molar-refractivity contribution in [1.29, 1.82) is 0 Å². The zero-order chi connectivity index (χ0) is 21.1. The molecule has 0 atom stereocenters. The summed E-state index contributed by atoms with van der Waals surface area (Å²) in [4.78, 5) is 8.68. The first-order valence-corrected chi connectivity index (χ1v) is 10.0. The number of nitrogens with one attached hydrogen (secondary N) is 2. The van der Waals surface area contributed by atoms with Gasteiger partial charge in [-0.05, 0) is 25.0 Å². The van der Waals surface area contributed by atoms with Crippen molar-refractivity contribution in [3.8, 4) is 5.75 Å². The van der Waals surface area contributed by atoms with Gasteiger partial charge in [0.25, 0.3) is 0 Å². The Morgan fingerprint density at radius 1 is 1.23 bits per heavy atom. The van der Waals surface area contributed by atoms with Crippen molar-refractivity contribution in [2.45, 2.75) is 46.1 Å². The Balaban J connectivity index is 0.00000450. The van der Waals surface area contributed by atoms with Crippen molar-refractivity contribution in [2.24, 2.45) is 4.99 Å². The Hall–Kier alpha value is -1.88. The highest BCUT2D eigenvalue weighted by atomic mass is 127. The number of methoxy groups -OCH3 is 1. The normalized spacial score (nSPS) is 11.3. The van der Waals surface area contributed by atoms with E-state index >= 15 is 0 Å². The molecule has 1 heterocycles. The standard InChI is InChI=1S/C21H33N5O3.HI/c1-15(2)20-25-19(29-26-20)7-6-10-23-21(22-4)24-14-17-9-8-16(3)13-18(17)28-12-11-27-5;/h8-9,13,15H,6-7,10-12,14H2,1-5H3,(H2,22,23,24);1H. The average Bonchev–Trinajstić information content (AvgIpc) is 3.18. The van der Waals surface area contributed by atoms with Crippen molar-refractivity contribution >= 4 is 29.9 Å². The van der Waals surface area contributed by atoms with E-state index in [1.165, 1.54) is 0 Å². The molecule has 0 aliphatic heterocycles. The fourth-order valence-electron chi connectivity index (χ4n) is 2.63. The highest BCUT2D eigenvalue weighted by molar-refractivity contribution is 14.0. The molecule has 0 saturated carbocycles. The van der Waals surface area contributed by atoms with Crippen LogP contribution in [0, 0.1) is 6.92 Å². The molecule has 0 aliphatic rings. The predicted octanol–water partition coefficient (Wildman–Crippen LogP) is 3.44. The summed E-state index contributed by atoms with van der Waals surface area (Å²) in [5, 5.41) is 10.6. The van der Waals surface area contributed by atoms with E-state index in [0.29, 0.717) is 25.6 Å². The Kier molecular flexibility index (Phi) is 12.4. The van der Waals surface area contributed by atoms with Gasteiger partial charge in [-0.2, -0.15) is 4.98 Å². The molecule has 0 radical (unpaired) electrons. The van der Waals surface area contributed by atoms with Crippen LogP contribution in [-0.4, -0.2) is 50.0 Å². The molecule has 0 bridgehead atoms. The summed E-state index contributed by atoms with van der Waals surface area (Å²) in [7, 11) is 3.42. The lowest BCUT2D eigenvalue weighted by molar-refractivity contribution is 0.145. The minimum absolute atomic E-state index is 0. The van der Waals surface area contributed by atoms with Crippen LogP contribution in [-0.2, 0) is 17.7 Å². The van der Waals surface area contributed by atoms with Crippen molar-refractivity contribution in [1.82, 2.24) is 20.8 Å². The summed E-state index contributed by atoms with van der Waals surface area (Å²) in [5.41, 5.74) is 2.23. The average molecular weight is 531 g/mol. The molecule has 2 aromatic rings. The molecule has 2 rings (SSSR count). The van der Waals surface area contributed by atoms with Crippen molar-refractivity contribution in [3.63, 3.8) is 0 Å². The van der Waals surface area contributed by atoms with Gasteiger partial charge in [-0.25, -0.2) is 0 Å². The van der Waals surface area contributed by atoms with Crippen LogP contribution in [0.4, 0.5) is 0 Å². The van der Waals surface area contributed by atoms with Gasteiger partial charge in [-0.15, -0.1) is 24.0 Å². The first-order chi connectivity index (χ1) is 14.0. The first kappa shape index (κ1) is 26.2. The molecule has 30 heavy (non-hydrogen) atoms. The number of aliphatic imine (C=N–C) groups is 1. The number of ether oxygens (including phenoxy) is 2. The fourth-order valence-corrected chi connectivity index (χ4v) is 2.63. The van der Waals surface area contributed by atoms with Crippen molar-refractivity contribution < 1.29 is 14.0 Å². The highest BCUT2D eigenvalue weighted by Gasteiger charge is 2.09. The Bertz CT molecular complexity index is 780. The van der Waals surface area contributed by atoms with Crippen LogP contribution in [0.2, 0.25) is 0 Å². The highest BCUT2D eigenvalue weighted by Crippen LogP contribution is 2.20.